The summed E-state index contributed by atoms with van der Waals surface area (Å²) in [6, 6.07) is 9.82. The Labute approximate surface area is 193 Å². The maximum Gasteiger partial charge on any atom is 0.162 e. The largest absolute Gasteiger partial charge is 0.491 e. The molecule has 0 radical (unpaired) electrons. The van der Waals surface area contributed by atoms with Crippen molar-refractivity contribution in [2.75, 3.05) is 38.7 Å². The van der Waals surface area contributed by atoms with E-state index < -0.39 is 6.10 Å². The van der Waals surface area contributed by atoms with Gasteiger partial charge in [0.15, 0.2) is 5.82 Å². The van der Waals surface area contributed by atoms with Crippen LogP contribution in [-0.2, 0) is 4.74 Å². The van der Waals surface area contributed by atoms with Crippen LogP contribution in [0.5, 0.6) is 5.75 Å². The van der Waals surface area contributed by atoms with Gasteiger partial charge in [0, 0.05) is 37.4 Å². The lowest BCUT2D eigenvalue weighted by atomic mass is 10.1. The first-order valence-corrected chi connectivity index (χ1v) is 11.3. The Morgan fingerprint density at radius 3 is 2.73 bits per heavy atom. The molecule has 2 aromatic heterocycles. The van der Waals surface area contributed by atoms with E-state index in [1.165, 1.54) is 0 Å². The lowest BCUT2D eigenvalue weighted by Crippen LogP contribution is -2.29. The number of aromatic nitrogens is 3. The van der Waals surface area contributed by atoms with Crippen LogP contribution in [0.3, 0.4) is 0 Å². The molecule has 0 spiro atoms. The lowest BCUT2D eigenvalue weighted by Gasteiger charge is -2.24. The molecule has 1 fully saturated rings. The Bertz CT molecular complexity index is 1050. The Morgan fingerprint density at radius 2 is 2.00 bits per heavy atom. The number of benzene rings is 1. The van der Waals surface area contributed by atoms with E-state index in [4.69, 9.17) is 24.0 Å². The summed E-state index contributed by atoms with van der Waals surface area (Å²) in [6.07, 6.45) is 1.27. The SMILES string of the molecule is CNC[C@H](O)COc1cccc(-c2nc(NC3CCOCC3)cc(-c3c(C)noc3C)n2)c1. The number of ether oxygens (including phenoxy) is 2. The highest BCUT2D eigenvalue weighted by molar-refractivity contribution is 5.70. The molecule has 3 heterocycles. The molecule has 33 heavy (non-hydrogen) atoms. The minimum atomic E-state index is -0.590. The first-order valence-electron chi connectivity index (χ1n) is 11.3. The third-order valence-electron chi connectivity index (χ3n) is 5.56. The summed E-state index contributed by atoms with van der Waals surface area (Å²) in [5.74, 6) is 2.68. The average molecular weight is 454 g/mol. The van der Waals surface area contributed by atoms with Gasteiger partial charge in [0.05, 0.1) is 17.0 Å². The third kappa shape index (κ3) is 5.87. The second kappa shape index (κ2) is 10.7. The number of aryl methyl sites for hydroxylation is 2. The van der Waals surface area contributed by atoms with Gasteiger partial charge in [-0.05, 0) is 45.9 Å². The summed E-state index contributed by atoms with van der Waals surface area (Å²) in [5, 5.41) is 20.5. The number of hydrogen-bond donors (Lipinski definition) is 3. The highest BCUT2D eigenvalue weighted by Gasteiger charge is 2.19. The van der Waals surface area contributed by atoms with Crippen molar-refractivity contribution < 1.29 is 19.1 Å². The van der Waals surface area contributed by atoms with E-state index in [9.17, 15) is 5.11 Å². The number of nitrogens with one attached hydrogen (secondary N) is 2. The molecule has 1 aliphatic rings. The zero-order valence-electron chi connectivity index (χ0n) is 19.3. The molecule has 0 amide bonds. The van der Waals surface area contributed by atoms with Crippen molar-refractivity contribution >= 4 is 5.82 Å². The molecule has 9 nitrogen and oxygen atoms in total. The average Bonchev–Trinajstić information content (AvgIpc) is 3.16. The van der Waals surface area contributed by atoms with Crippen LogP contribution in [0.4, 0.5) is 5.82 Å². The summed E-state index contributed by atoms with van der Waals surface area (Å²) in [4.78, 5) is 9.64. The second-order valence-corrected chi connectivity index (χ2v) is 8.24. The molecule has 3 N–H and O–H groups in total. The zero-order chi connectivity index (χ0) is 23.2. The number of aliphatic hydroxyl groups excluding tert-OH is 1. The van der Waals surface area contributed by atoms with Crippen molar-refractivity contribution in [3.8, 4) is 28.4 Å². The van der Waals surface area contributed by atoms with Crippen LogP contribution in [0.1, 0.15) is 24.3 Å². The Kier molecular flexibility index (Phi) is 7.54. The molecule has 1 aliphatic heterocycles. The molecule has 1 saturated heterocycles. The highest BCUT2D eigenvalue weighted by atomic mass is 16.5. The molecule has 9 heteroatoms. The van der Waals surface area contributed by atoms with E-state index in [0.717, 1.165) is 54.4 Å². The quantitative estimate of drug-likeness (QED) is 0.450. The molecular weight excluding hydrogens is 422 g/mol. The molecule has 1 atom stereocenters. The van der Waals surface area contributed by atoms with Gasteiger partial charge >= 0.3 is 0 Å². The number of aliphatic hydroxyl groups is 1. The molecule has 0 bridgehead atoms. The van der Waals surface area contributed by atoms with Gasteiger partial charge in [0.25, 0.3) is 0 Å². The minimum Gasteiger partial charge on any atom is -0.491 e. The van der Waals surface area contributed by atoms with E-state index in [1.54, 1.807) is 7.05 Å². The van der Waals surface area contributed by atoms with Crippen LogP contribution in [0.2, 0.25) is 0 Å². The standard InChI is InChI=1S/C24H31N5O4/c1-15-23(16(2)33-29-15)21-12-22(26-18-7-9-31-10-8-18)28-24(27-21)17-5-4-6-20(11-17)32-14-19(30)13-25-3/h4-6,11-12,18-19,25,30H,7-10,13-14H2,1-3H3,(H,26,27,28)/t19-/m0/s1. The fraction of sp³-hybridized carbons (Fsp3) is 0.458. The van der Waals surface area contributed by atoms with Crippen LogP contribution >= 0.6 is 0 Å². The van der Waals surface area contributed by atoms with Gasteiger partial charge in [-0.1, -0.05) is 17.3 Å². The fourth-order valence-corrected chi connectivity index (χ4v) is 3.89. The van der Waals surface area contributed by atoms with E-state index in [0.29, 0.717) is 29.9 Å². The minimum absolute atomic E-state index is 0.195. The third-order valence-corrected chi connectivity index (χ3v) is 5.56. The number of hydrogen-bond acceptors (Lipinski definition) is 9. The zero-order valence-corrected chi connectivity index (χ0v) is 19.3. The summed E-state index contributed by atoms with van der Waals surface area (Å²) < 4.78 is 16.6. The first-order chi connectivity index (χ1) is 16.0. The van der Waals surface area contributed by atoms with Gasteiger partial charge in [-0.15, -0.1) is 0 Å². The van der Waals surface area contributed by atoms with Gasteiger partial charge in [-0.3, -0.25) is 0 Å². The topological polar surface area (TPSA) is 115 Å². The number of likely N-dealkylation sites (N-methyl/N-ethyl adjacent to an activating group) is 1. The van der Waals surface area contributed by atoms with Crippen molar-refractivity contribution in [3.05, 3.63) is 41.8 Å². The Hall–Kier alpha value is -3.01. The molecule has 176 valence electrons. The molecule has 0 aliphatic carbocycles. The maximum atomic E-state index is 9.94. The Morgan fingerprint density at radius 1 is 1.18 bits per heavy atom. The smallest absolute Gasteiger partial charge is 0.162 e. The molecule has 0 saturated carbocycles. The van der Waals surface area contributed by atoms with Crippen LogP contribution in [-0.4, -0.2) is 65.8 Å². The molecule has 0 unspecified atom stereocenters. The summed E-state index contributed by atoms with van der Waals surface area (Å²) in [5.41, 5.74) is 3.22. The monoisotopic (exact) mass is 453 g/mol. The van der Waals surface area contributed by atoms with Crippen molar-refractivity contribution in [1.82, 2.24) is 20.4 Å². The predicted octanol–water partition coefficient (Wildman–Crippen LogP) is 2.97. The normalized spacial score (nSPS) is 15.4. The van der Waals surface area contributed by atoms with Crippen LogP contribution in [0.25, 0.3) is 22.6 Å². The molecule has 4 rings (SSSR count). The predicted molar refractivity (Wildman–Crippen MR) is 125 cm³/mol. The highest BCUT2D eigenvalue weighted by Crippen LogP contribution is 2.30. The van der Waals surface area contributed by atoms with Gasteiger partial charge in [-0.2, -0.15) is 0 Å². The van der Waals surface area contributed by atoms with Gasteiger partial charge in [0.2, 0.25) is 0 Å². The van der Waals surface area contributed by atoms with Gasteiger partial charge in [-0.25, -0.2) is 9.97 Å². The van der Waals surface area contributed by atoms with Crippen molar-refractivity contribution in [1.29, 1.82) is 0 Å². The van der Waals surface area contributed by atoms with Gasteiger partial charge < -0.3 is 29.7 Å². The van der Waals surface area contributed by atoms with E-state index >= 15 is 0 Å². The van der Waals surface area contributed by atoms with Crippen molar-refractivity contribution in [3.63, 3.8) is 0 Å². The molecule has 1 aromatic carbocycles. The van der Waals surface area contributed by atoms with E-state index in [2.05, 4.69) is 15.8 Å². The van der Waals surface area contributed by atoms with E-state index in [1.807, 2.05) is 44.2 Å². The number of nitrogens with zero attached hydrogens (tertiary/aromatic N) is 3. The van der Waals surface area contributed by atoms with Crippen molar-refractivity contribution in [2.45, 2.75) is 38.8 Å². The summed E-state index contributed by atoms with van der Waals surface area (Å²) >= 11 is 0. The maximum absolute atomic E-state index is 9.94. The fourth-order valence-electron chi connectivity index (χ4n) is 3.89. The van der Waals surface area contributed by atoms with Crippen LogP contribution in [0, 0.1) is 13.8 Å². The van der Waals surface area contributed by atoms with Crippen LogP contribution in [0.15, 0.2) is 34.9 Å². The number of rotatable bonds is 9. The summed E-state index contributed by atoms with van der Waals surface area (Å²) in [7, 11) is 1.79. The second-order valence-electron chi connectivity index (χ2n) is 8.24. The van der Waals surface area contributed by atoms with Crippen LogP contribution < -0.4 is 15.4 Å². The summed E-state index contributed by atoms with van der Waals surface area (Å²) in [6.45, 7) is 5.93. The van der Waals surface area contributed by atoms with Crippen molar-refractivity contribution in [2.24, 2.45) is 0 Å². The van der Waals surface area contributed by atoms with Gasteiger partial charge in [0.1, 0.15) is 30.0 Å². The van der Waals surface area contributed by atoms with E-state index in [-0.39, 0.29) is 6.61 Å². The molecular formula is C24H31N5O4. The number of anilines is 1. The molecule has 3 aromatic rings. The lowest BCUT2D eigenvalue weighted by molar-refractivity contribution is 0.0904. The first kappa shape index (κ1) is 23.2. The Balaban J connectivity index is 1.66.